The van der Waals surface area contributed by atoms with Crippen LogP contribution in [0.3, 0.4) is 0 Å². The van der Waals surface area contributed by atoms with Crippen LogP contribution in [-0.2, 0) is 0 Å². The number of benzene rings is 1. The lowest BCUT2D eigenvalue weighted by molar-refractivity contribution is 0.764. The van der Waals surface area contributed by atoms with Crippen LogP contribution in [0.1, 0.15) is 25.8 Å². The van der Waals surface area contributed by atoms with Crippen molar-refractivity contribution in [1.82, 2.24) is 0 Å². The van der Waals surface area contributed by atoms with E-state index in [4.69, 9.17) is 18.0 Å². The van der Waals surface area contributed by atoms with Gasteiger partial charge in [0, 0.05) is 17.3 Å². The third-order valence-electron chi connectivity index (χ3n) is 2.19. The van der Waals surface area contributed by atoms with Gasteiger partial charge in [-0.3, -0.25) is 0 Å². The molecule has 0 saturated carbocycles. The number of anilines is 1. The number of nitrogens with two attached hydrogens (primary N) is 1. The second kappa shape index (κ2) is 4.96. The van der Waals surface area contributed by atoms with Gasteiger partial charge in [0.2, 0.25) is 0 Å². The molecule has 0 amide bonds. The highest BCUT2D eigenvalue weighted by molar-refractivity contribution is 7.80. The Balaban J connectivity index is 2.68. The molecule has 0 fully saturated rings. The summed E-state index contributed by atoms with van der Waals surface area (Å²) in [5.41, 5.74) is 7.52. The molecule has 2 nitrogen and oxygen atoms in total. The van der Waals surface area contributed by atoms with Crippen molar-refractivity contribution in [2.75, 3.05) is 5.32 Å². The van der Waals surface area contributed by atoms with Crippen molar-refractivity contribution >= 4 is 22.9 Å². The largest absolute Gasteiger partial charge is 0.389 e. The van der Waals surface area contributed by atoms with Gasteiger partial charge < -0.3 is 11.1 Å². The number of hydrogen-bond acceptors (Lipinski definition) is 2. The quantitative estimate of drug-likeness (QED) is 0.747. The second-order valence-electron chi connectivity index (χ2n) is 3.40. The minimum atomic E-state index is 0.445. The molecule has 0 spiro atoms. The molecule has 76 valence electrons. The average Bonchev–Trinajstić information content (AvgIpc) is 2.18. The van der Waals surface area contributed by atoms with Gasteiger partial charge in [0.1, 0.15) is 4.99 Å². The van der Waals surface area contributed by atoms with Crippen molar-refractivity contribution in [3.8, 4) is 0 Å². The van der Waals surface area contributed by atoms with E-state index in [1.807, 2.05) is 24.3 Å². The molecule has 1 rings (SSSR count). The fraction of sp³-hybridized carbons (Fsp3) is 0.364. The van der Waals surface area contributed by atoms with Crippen LogP contribution in [0, 0.1) is 0 Å². The molecule has 0 aromatic heterocycles. The normalized spacial score (nSPS) is 12.1. The van der Waals surface area contributed by atoms with Gasteiger partial charge in [-0.25, -0.2) is 0 Å². The lowest BCUT2D eigenvalue weighted by atomic mass is 10.2. The van der Waals surface area contributed by atoms with Crippen LogP contribution in [-0.4, -0.2) is 11.0 Å². The van der Waals surface area contributed by atoms with Crippen molar-refractivity contribution in [2.24, 2.45) is 5.73 Å². The Kier molecular flexibility index (Phi) is 3.89. The highest BCUT2D eigenvalue weighted by Crippen LogP contribution is 2.11. The fourth-order valence-electron chi connectivity index (χ4n) is 1.12. The van der Waals surface area contributed by atoms with Gasteiger partial charge in [-0.05, 0) is 37.6 Å². The minimum Gasteiger partial charge on any atom is -0.389 e. The zero-order valence-corrected chi connectivity index (χ0v) is 9.40. The zero-order chi connectivity index (χ0) is 10.6. The van der Waals surface area contributed by atoms with E-state index in [0.717, 1.165) is 17.7 Å². The Bertz CT molecular complexity index is 306. The van der Waals surface area contributed by atoms with E-state index < -0.39 is 0 Å². The van der Waals surface area contributed by atoms with Gasteiger partial charge >= 0.3 is 0 Å². The molecule has 1 aromatic rings. The van der Waals surface area contributed by atoms with E-state index in [1.54, 1.807) is 0 Å². The molecule has 1 unspecified atom stereocenters. The molecule has 0 radical (unpaired) electrons. The van der Waals surface area contributed by atoms with E-state index in [2.05, 4.69) is 19.2 Å². The van der Waals surface area contributed by atoms with E-state index in [9.17, 15) is 0 Å². The van der Waals surface area contributed by atoms with Crippen LogP contribution in [0.5, 0.6) is 0 Å². The summed E-state index contributed by atoms with van der Waals surface area (Å²) in [6.07, 6.45) is 1.11. The van der Waals surface area contributed by atoms with Crippen LogP contribution in [0.2, 0.25) is 0 Å². The minimum absolute atomic E-state index is 0.445. The molecule has 0 aliphatic heterocycles. The summed E-state index contributed by atoms with van der Waals surface area (Å²) in [4.78, 5) is 0.445. The Morgan fingerprint density at radius 1 is 1.43 bits per heavy atom. The van der Waals surface area contributed by atoms with Crippen LogP contribution >= 0.6 is 12.2 Å². The smallest absolute Gasteiger partial charge is 0.103 e. The zero-order valence-electron chi connectivity index (χ0n) is 8.58. The lowest BCUT2D eigenvalue weighted by Crippen LogP contribution is -2.14. The van der Waals surface area contributed by atoms with Gasteiger partial charge in [-0.15, -0.1) is 0 Å². The third kappa shape index (κ3) is 3.00. The lowest BCUT2D eigenvalue weighted by Gasteiger charge is -2.12. The van der Waals surface area contributed by atoms with Gasteiger partial charge in [0.25, 0.3) is 0 Å². The van der Waals surface area contributed by atoms with Crippen LogP contribution in [0.4, 0.5) is 5.69 Å². The van der Waals surface area contributed by atoms with Crippen LogP contribution in [0.15, 0.2) is 24.3 Å². The molecule has 0 heterocycles. The first-order valence-electron chi connectivity index (χ1n) is 4.80. The Labute approximate surface area is 90.5 Å². The molecular formula is C11H16N2S. The highest BCUT2D eigenvalue weighted by Gasteiger charge is 1.99. The first kappa shape index (κ1) is 11.0. The summed E-state index contributed by atoms with van der Waals surface area (Å²) < 4.78 is 0. The van der Waals surface area contributed by atoms with Crippen LogP contribution in [0.25, 0.3) is 0 Å². The molecule has 14 heavy (non-hydrogen) atoms. The molecule has 3 N–H and O–H groups in total. The van der Waals surface area contributed by atoms with E-state index in [0.29, 0.717) is 11.0 Å². The molecule has 3 heteroatoms. The monoisotopic (exact) mass is 208 g/mol. The topological polar surface area (TPSA) is 38.0 Å². The van der Waals surface area contributed by atoms with Gasteiger partial charge in [-0.2, -0.15) is 0 Å². The fourth-order valence-corrected chi connectivity index (χ4v) is 1.25. The maximum Gasteiger partial charge on any atom is 0.103 e. The van der Waals surface area contributed by atoms with Gasteiger partial charge in [-0.1, -0.05) is 19.1 Å². The SMILES string of the molecule is CCC(C)Nc1ccc(C(N)=S)cc1. The molecule has 0 aliphatic rings. The summed E-state index contributed by atoms with van der Waals surface area (Å²) in [5, 5.41) is 3.37. The second-order valence-corrected chi connectivity index (χ2v) is 3.84. The van der Waals surface area contributed by atoms with Crippen molar-refractivity contribution < 1.29 is 0 Å². The van der Waals surface area contributed by atoms with E-state index >= 15 is 0 Å². The third-order valence-corrected chi connectivity index (χ3v) is 2.43. The number of thiocarbonyl (C=S) groups is 1. The Hall–Kier alpha value is -1.09. The predicted molar refractivity (Wildman–Crippen MR) is 65.7 cm³/mol. The summed E-state index contributed by atoms with van der Waals surface area (Å²) in [6.45, 7) is 4.31. The molecule has 0 bridgehead atoms. The van der Waals surface area contributed by atoms with Crippen molar-refractivity contribution in [2.45, 2.75) is 26.3 Å². The first-order chi connectivity index (χ1) is 6.63. The van der Waals surface area contributed by atoms with E-state index in [1.165, 1.54) is 0 Å². The summed E-state index contributed by atoms with van der Waals surface area (Å²) in [5.74, 6) is 0. The average molecular weight is 208 g/mol. The van der Waals surface area contributed by atoms with Crippen LogP contribution < -0.4 is 11.1 Å². The van der Waals surface area contributed by atoms with Crippen molar-refractivity contribution in [3.63, 3.8) is 0 Å². The highest BCUT2D eigenvalue weighted by atomic mass is 32.1. The summed E-state index contributed by atoms with van der Waals surface area (Å²) >= 11 is 4.87. The molecule has 1 aromatic carbocycles. The number of rotatable bonds is 4. The maximum atomic E-state index is 5.50. The Morgan fingerprint density at radius 3 is 2.43 bits per heavy atom. The Morgan fingerprint density at radius 2 is 2.00 bits per heavy atom. The molecule has 0 saturated heterocycles. The summed E-state index contributed by atoms with van der Waals surface area (Å²) in [6, 6.07) is 8.37. The predicted octanol–water partition coefficient (Wildman–Crippen LogP) is 2.53. The summed E-state index contributed by atoms with van der Waals surface area (Å²) in [7, 11) is 0. The van der Waals surface area contributed by atoms with Crippen molar-refractivity contribution in [3.05, 3.63) is 29.8 Å². The molecule has 1 atom stereocenters. The van der Waals surface area contributed by atoms with Gasteiger partial charge in [0.05, 0.1) is 0 Å². The molecule has 0 aliphatic carbocycles. The standard InChI is InChI=1S/C11H16N2S/c1-3-8(2)13-10-6-4-9(5-7-10)11(12)14/h4-8,13H,3H2,1-2H3,(H2,12,14). The number of hydrogen-bond donors (Lipinski definition) is 2. The van der Waals surface area contributed by atoms with Gasteiger partial charge in [0.15, 0.2) is 0 Å². The van der Waals surface area contributed by atoms with E-state index in [-0.39, 0.29) is 0 Å². The first-order valence-corrected chi connectivity index (χ1v) is 5.20. The van der Waals surface area contributed by atoms with Crippen molar-refractivity contribution in [1.29, 1.82) is 0 Å². The maximum absolute atomic E-state index is 5.50. The number of nitrogens with one attached hydrogen (secondary N) is 1. The molecular weight excluding hydrogens is 192 g/mol.